The molecule has 10 heavy (non-hydrogen) atoms. The van der Waals surface area contributed by atoms with Crippen molar-refractivity contribution in [3.8, 4) is 0 Å². The Morgan fingerprint density at radius 1 is 1.50 bits per heavy atom. The zero-order chi connectivity index (χ0) is 7.14. The first-order valence-corrected chi connectivity index (χ1v) is 4.39. The molecule has 0 aliphatic heterocycles. The Bertz CT molecular complexity index is 248. The molecule has 0 atom stereocenters. The summed E-state index contributed by atoms with van der Waals surface area (Å²) in [6.45, 7) is 0. The Hall–Kier alpha value is -0.240. The molecule has 1 aromatic rings. The van der Waals surface area contributed by atoms with Gasteiger partial charge in [-0.1, -0.05) is 0 Å². The minimum atomic E-state index is 0.858. The van der Waals surface area contributed by atoms with Gasteiger partial charge in [0.25, 0.3) is 0 Å². The van der Waals surface area contributed by atoms with Crippen LogP contribution in [0.5, 0.6) is 0 Å². The van der Waals surface area contributed by atoms with Crippen LogP contribution in [0.4, 0.5) is 0 Å². The molecule has 54 valence electrons. The van der Waals surface area contributed by atoms with E-state index in [0.717, 1.165) is 5.92 Å². The third-order valence-electron chi connectivity index (χ3n) is 2.09. The SMILES string of the molecule is Cn1c(Br)ccc1C1CC1. The van der Waals surface area contributed by atoms with E-state index in [1.54, 1.807) is 0 Å². The third-order valence-corrected chi connectivity index (χ3v) is 2.89. The molecule has 1 aliphatic carbocycles. The Morgan fingerprint density at radius 2 is 2.20 bits per heavy atom. The molecular formula is C8H10BrN. The Morgan fingerprint density at radius 3 is 2.60 bits per heavy atom. The lowest BCUT2D eigenvalue weighted by Crippen LogP contribution is -1.92. The van der Waals surface area contributed by atoms with Crippen molar-refractivity contribution in [3.05, 3.63) is 22.4 Å². The fourth-order valence-electron chi connectivity index (χ4n) is 1.29. The fraction of sp³-hybridized carbons (Fsp3) is 0.500. The standard InChI is InChI=1S/C8H10BrN/c1-10-7(6-2-3-6)4-5-8(10)9/h4-6H,2-3H2,1H3. The molecule has 0 amide bonds. The number of halogens is 1. The lowest BCUT2D eigenvalue weighted by molar-refractivity contribution is 0.813. The van der Waals surface area contributed by atoms with Gasteiger partial charge in [-0.3, -0.25) is 0 Å². The number of hydrogen-bond donors (Lipinski definition) is 0. The van der Waals surface area contributed by atoms with Gasteiger partial charge in [0.2, 0.25) is 0 Å². The second-order valence-electron chi connectivity index (χ2n) is 2.91. The van der Waals surface area contributed by atoms with Crippen molar-refractivity contribution in [1.29, 1.82) is 0 Å². The normalized spacial score (nSPS) is 17.8. The predicted octanol–water partition coefficient (Wildman–Crippen LogP) is 2.67. The van der Waals surface area contributed by atoms with Gasteiger partial charge in [-0.2, -0.15) is 0 Å². The molecule has 1 aliphatic rings. The first-order valence-electron chi connectivity index (χ1n) is 3.60. The van der Waals surface area contributed by atoms with Gasteiger partial charge in [0.15, 0.2) is 0 Å². The molecular weight excluding hydrogens is 190 g/mol. The highest BCUT2D eigenvalue weighted by Gasteiger charge is 2.25. The van der Waals surface area contributed by atoms with Crippen LogP contribution in [-0.2, 0) is 7.05 Å². The summed E-state index contributed by atoms with van der Waals surface area (Å²) in [7, 11) is 2.11. The zero-order valence-corrected chi connectivity index (χ0v) is 7.56. The molecule has 0 radical (unpaired) electrons. The van der Waals surface area contributed by atoms with Gasteiger partial charge in [-0.25, -0.2) is 0 Å². The average Bonchev–Trinajstić information content (AvgIpc) is 2.67. The summed E-state index contributed by atoms with van der Waals surface area (Å²) in [5.41, 5.74) is 1.48. The molecule has 1 fully saturated rings. The molecule has 1 heterocycles. The van der Waals surface area contributed by atoms with Crippen molar-refractivity contribution in [2.75, 3.05) is 0 Å². The summed E-state index contributed by atoms with van der Waals surface area (Å²) in [5.74, 6) is 0.858. The van der Waals surface area contributed by atoms with E-state index in [9.17, 15) is 0 Å². The first kappa shape index (κ1) is 6.47. The maximum Gasteiger partial charge on any atom is 0.0846 e. The highest BCUT2D eigenvalue weighted by atomic mass is 79.9. The van der Waals surface area contributed by atoms with Crippen LogP contribution in [0.15, 0.2) is 16.7 Å². The number of nitrogens with zero attached hydrogens (tertiary/aromatic N) is 1. The molecule has 2 rings (SSSR count). The summed E-state index contributed by atoms with van der Waals surface area (Å²) in [4.78, 5) is 0. The van der Waals surface area contributed by atoms with Crippen molar-refractivity contribution < 1.29 is 0 Å². The van der Waals surface area contributed by atoms with Crippen LogP contribution in [0.25, 0.3) is 0 Å². The topological polar surface area (TPSA) is 4.93 Å². The monoisotopic (exact) mass is 199 g/mol. The van der Waals surface area contributed by atoms with E-state index in [0.29, 0.717) is 0 Å². The Labute approximate surface area is 69.2 Å². The van der Waals surface area contributed by atoms with Crippen LogP contribution in [0.2, 0.25) is 0 Å². The van der Waals surface area contributed by atoms with Gasteiger partial charge >= 0.3 is 0 Å². The van der Waals surface area contributed by atoms with E-state index in [1.807, 2.05) is 0 Å². The molecule has 0 unspecified atom stereocenters. The van der Waals surface area contributed by atoms with Crippen LogP contribution in [-0.4, -0.2) is 4.57 Å². The van der Waals surface area contributed by atoms with Gasteiger partial charge in [0.1, 0.15) is 0 Å². The summed E-state index contributed by atoms with van der Waals surface area (Å²) in [6.07, 6.45) is 2.76. The van der Waals surface area contributed by atoms with Crippen LogP contribution in [0, 0.1) is 0 Å². The quantitative estimate of drug-likeness (QED) is 0.656. The molecule has 1 nitrogen and oxygen atoms in total. The highest BCUT2D eigenvalue weighted by Crippen LogP contribution is 2.40. The molecule has 1 saturated carbocycles. The van der Waals surface area contributed by atoms with Gasteiger partial charge in [0, 0.05) is 12.7 Å². The molecule has 0 N–H and O–H groups in total. The summed E-state index contributed by atoms with van der Waals surface area (Å²) in [6, 6.07) is 4.33. The maximum absolute atomic E-state index is 3.48. The van der Waals surface area contributed by atoms with E-state index in [2.05, 4.69) is 39.7 Å². The van der Waals surface area contributed by atoms with Gasteiger partial charge in [0.05, 0.1) is 4.60 Å². The summed E-state index contributed by atoms with van der Waals surface area (Å²) < 4.78 is 3.41. The summed E-state index contributed by atoms with van der Waals surface area (Å²) >= 11 is 3.48. The number of rotatable bonds is 1. The van der Waals surface area contributed by atoms with Gasteiger partial charge in [-0.15, -0.1) is 0 Å². The lowest BCUT2D eigenvalue weighted by Gasteiger charge is -2.00. The second kappa shape index (κ2) is 2.12. The molecule has 1 aromatic heterocycles. The first-order chi connectivity index (χ1) is 4.79. The van der Waals surface area contributed by atoms with Crippen molar-refractivity contribution in [2.24, 2.45) is 7.05 Å². The molecule has 2 heteroatoms. The largest absolute Gasteiger partial charge is 0.342 e. The average molecular weight is 200 g/mol. The van der Waals surface area contributed by atoms with Gasteiger partial charge in [-0.05, 0) is 46.8 Å². The highest BCUT2D eigenvalue weighted by molar-refractivity contribution is 9.10. The zero-order valence-electron chi connectivity index (χ0n) is 5.97. The number of aromatic nitrogens is 1. The van der Waals surface area contributed by atoms with Crippen molar-refractivity contribution in [3.63, 3.8) is 0 Å². The second-order valence-corrected chi connectivity index (χ2v) is 3.73. The van der Waals surface area contributed by atoms with Crippen molar-refractivity contribution in [2.45, 2.75) is 18.8 Å². The maximum atomic E-state index is 3.48. The molecule has 0 saturated heterocycles. The van der Waals surface area contributed by atoms with Crippen LogP contribution in [0.3, 0.4) is 0 Å². The molecule has 0 aromatic carbocycles. The van der Waals surface area contributed by atoms with Crippen LogP contribution < -0.4 is 0 Å². The smallest absolute Gasteiger partial charge is 0.0846 e. The lowest BCUT2D eigenvalue weighted by atomic mass is 10.3. The summed E-state index contributed by atoms with van der Waals surface area (Å²) in [5, 5.41) is 0. The van der Waals surface area contributed by atoms with E-state index in [-0.39, 0.29) is 0 Å². The van der Waals surface area contributed by atoms with E-state index < -0.39 is 0 Å². The van der Waals surface area contributed by atoms with Crippen LogP contribution >= 0.6 is 15.9 Å². The number of hydrogen-bond acceptors (Lipinski definition) is 0. The van der Waals surface area contributed by atoms with E-state index >= 15 is 0 Å². The minimum Gasteiger partial charge on any atom is -0.342 e. The minimum absolute atomic E-state index is 0.858. The van der Waals surface area contributed by atoms with E-state index in [1.165, 1.54) is 23.1 Å². The predicted molar refractivity (Wildman–Crippen MR) is 45.1 cm³/mol. The Kier molecular flexibility index (Phi) is 1.37. The van der Waals surface area contributed by atoms with Gasteiger partial charge < -0.3 is 4.57 Å². The Balaban J connectivity index is 2.40. The molecule has 0 spiro atoms. The van der Waals surface area contributed by atoms with E-state index in [4.69, 9.17) is 0 Å². The fourth-order valence-corrected chi connectivity index (χ4v) is 1.63. The van der Waals surface area contributed by atoms with Crippen molar-refractivity contribution >= 4 is 15.9 Å². The third kappa shape index (κ3) is 0.908. The van der Waals surface area contributed by atoms with Crippen molar-refractivity contribution in [1.82, 2.24) is 4.57 Å². The molecule has 0 bridgehead atoms. The van der Waals surface area contributed by atoms with Crippen LogP contribution in [0.1, 0.15) is 24.5 Å².